The number of fused-ring (bicyclic) bond motifs is 8. The van der Waals surface area contributed by atoms with Crippen LogP contribution in [-0.4, -0.2) is 44.1 Å². The first-order chi connectivity index (χ1) is 20.1. The van der Waals surface area contributed by atoms with Crippen LogP contribution in [0.15, 0.2) is 24.3 Å². The average molecular weight is 567 g/mol. The molecule has 3 aromatic rings. The van der Waals surface area contributed by atoms with Gasteiger partial charge in [-0.15, -0.1) is 0 Å². The smallest absolute Gasteiger partial charge is 0.340 e. The molecule has 8 nitrogen and oxygen atoms in total. The number of nitrogens with zero attached hydrogens (tertiary/aromatic N) is 2. The molecule has 2 aliphatic heterocycles. The van der Waals surface area contributed by atoms with Gasteiger partial charge < -0.3 is 19.8 Å². The quantitative estimate of drug-likeness (QED) is 0.251. The molecule has 8 bridgehead atoms. The number of nitrogens with one attached hydrogen (secondary N) is 2. The second-order valence-corrected chi connectivity index (χ2v) is 11.0. The molecule has 0 aromatic carbocycles. The average Bonchev–Trinajstić information content (AvgIpc) is 3.61. The Labute approximate surface area is 245 Å². The van der Waals surface area contributed by atoms with Gasteiger partial charge in [-0.3, -0.25) is 4.79 Å². The van der Waals surface area contributed by atoms with Gasteiger partial charge in [0.2, 0.25) is 0 Å². The number of aliphatic carboxylic acids is 1. The van der Waals surface area contributed by atoms with Crippen molar-refractivity contribution < 1.29 is 19.4 Å². The lowest BCUT2D eigenvalue weighted by atomic mass is 10.00. The number of aromatic nitrogens is 4. The maximum atomic E-state index is 13.0. The van der Waals surface area contributed by atoms with Crippen molar-refractivity contribution in [2.24, 2.45) is 0 Å². The molecule has 0 atom stereocenters. The number of aromatic amines is 2. The molecule has 2 aliphatic rings. The number of carboxylic acids is 1. The van der Waals surface area contributed by atoms with Crippen LogP contribution in [0, 0.1) is 13.8 Å². The van der Waals surface area contributed by atoms with E-state index >= 15 is 0 Å². The summed E-state index contributed by atoms with van der Waals surface area (Å²) in [4.78, 5) is 41.5. The fourth-order valence-corrected chi connectivity index (χ4v) is 6.16. The van der Waals surface area contributed by atoms with Gasteiger partial charge in [0, 0.05) is 23.0 Å². The fraction of sp³-hybridized carbons (Fsp3) is 0.353. The molecule has 0 aliphatic carbocycles. The molecular formula is C34H38N4O4. The van der Waals surface area contributed by atoms with Gasteiger partial charge in [0.05, 0.1) is 41.0 Å². The lowest BCUT2D eigenvalue weighted by Gasteiger charge is -2.04. The summed E-state index contributed by atoms with van der Waals surface area (Å²) in [5.74, 6) is -1.26. The number of aryl methyl sites for hydroxylation is 3. The standard InChI is InChI=1S/C34H38N4O4/c1-8-21-17(3)24-13-25-19(5)23(11-10-12-32(39)40)30(37-25)16-31-33(34(41)42-7)20(6)27(38-31)15-29-22(9-2)18(4)26(36-29)14-28(21)35-24/h13-16,35,38H,8-12H2,1-7H3,(H,39,40). The normalized spacial score (nSPS) is 13.2. The summed E-state index contributed by atoms with van der Waals surface area (Å²) >= 11 is 0. The summed E-state index contributed by atoms with van der Waals surface area (Å²) in [5.41, 5.74) is 14.6. The number of hydrogen-bond acceptors (Lipinski definition) is 5. The molecule has 0 amide bonds. The van der Waals surface area contributed by atoms with Gasteiger partial charge in [0.1, 0.15) is 0 Å². The highest BCUT2D eigenvalue weighted by Crippen LogP contribution is 2.37. The molecule has 0 fully saturated rings. The number of carbonyl (C=O) groups is 2. The maximum Gasteiger partial charge on any atom is 0.340 e. The monoisotopic (exact) mass is 566 g/mol. The first-order valence-corrected chi connectivity index (χ1v) is 14.5. The summed E-state index contributed by atoms with van der Waals surface area (Å²) in [6, 6.07) is 8.10. The predicted molar refractivity (Wildman–Crippen MR) is 168 cm³/mol. The molecule has 0 saturated heterocycles. The topological polar surface area (TPSA) is 121 Å². The summed E-state index contributed by atoms with van der Waals surface area (Å²) in [6.45, 7) is 12.5. The highest BCUT2D eigenvalue weighted by atomic mass is 16.5. The van der Waals surface area contributed by atoms with E-state index in [0.717, 1.165) is 79.9 Å². The van der Waals surface area contributed by atoms with Crippen molar-refractivity contribution in [3.63, 3.8) is 0 Å². The van der Waals surface area contributed by atoms with Gasteiger partial charge in [-0.1, -0.05) is 13.8 Å². The van der Waals surface area contributed by atoms with Gasteiger partial charge in [0.15, 0.2) is 0 Å². The number of allylic oxidation sites excluding steroid dienone is 4. The van der Waals surface area contributed by atoms with Crippen LogP contribution in [0.5, 0.6) is 0 Å². The molecule has 218 valence electrons. The lowest BCUT2D eigenvalue weighted by molar-refractivity contribution is -0.137. The van der Waals surface area contributed by atoms with Crippen LogP contribution < -0.4 is 0 Å². The number of ether oxygens (including phenoxy) is 1. The van der Waals surface area contributed by atoms with Gasteiger partial charge in [-0.2, -0.15) is 0 Å². The third-order valence-corrected chi connectivity index (χ3v) is 8.58. The van der Waals surface area contributed by atoms with Gasteiger partial charge in [0.25, 0.3) is 0 Å². The summed E-state index contributed by atoms with van der Waals surface area (Å²) < 4.78 is 5.18. The van der Waals surface area contributed by atoms with Crippen LogP contribution in [0.4, 0.5) is 0 Å². The zero-order valence-corrected chi connectivity index (χ0v) is 25.4. The summed E-state index contributed by atoms with van der Waals surface area (Å²) in [7, 11) is 1.38. The van der Waals surface area contributed by atoms with Crippen molar-refractivity contribution >= 4 is 56.3 Å². The second-order valence-electron chi connectivity index (χ2n) is 11.0. The Kier molecular flexibility index (Phi) is 7.91. The highest BCUT2D eigenvalue weighted by molar-refractivity contribution is 6.03. The molecular weight excluding hydrogens is 528 g/mol. The van der Waals surface area contributed by atoms with E-state index in [1.807, 2.05) is 26.0 Å². The number of methoxy groups -OCH3 is 1. The van der Waals surface area contributed by atoms with Crippen molar-refractivity contribution in [3.8, 4) is 0 Å². The fourth-order valence-electron chi connectivity index (χ4n) is 6.16. The number of carboxylic acid groups (broad SMARTS) is 1. The van der Waals surface area contributed by atoms with E-state index in [4.69, 9.17) is 14.7 Å². The number of hydrogen-bond donors (Lipinski definition) is 3. The first-order valence-electron chi connectivity index (χ1n) is 14.5. The minimum atomic E-state index is -0.827. The highest BCUT2D eigenvalue weighted by Gasteiger charge is 2.22. The Bertz CT molecular complexity index is 1850. The first kappa shape index (κ1) is 29.0. The van der Waals surface area contributed by atoms with Gasteiger partial charge in [-0.05, 0) is 117 Å². The van der Waals surface area contributed by atoms with Crippen molar-refractivity contribution in [1.29, 1.82) is 0 Å². The van der Waals surface area contributed by atoms with E-state index in [-0.39, 0.29) is 6.42 Å². The molecule has 3 N–H and O–H groups in total. The SMILES string of the molecule is CCC1=C(C)c2cc3[nH]c(cc4nc(cc5[nH]c(cc1n2)c(C)c5C(=O)OC)C(CCCC(=O)O)=C4C)c(C)c3CC. The van der Waals surface area contributed by atoms with Crippen LogP contribution in [-0.2, 0) is 16.0 Å². The third-order valence-electron chi connectivity index (χ3n) is 8.58. The van der Waals surface area contributed by atoms with Crippen LogP contribution in [0.25, 0.3) is 44.4 Å². The molecule has 5 rings (SSSR count). The van der Waals surface area contributed by atoms with E-state index in [9.17, 15) is 14.7 Å². The molecule has 0 unspecified atom stereocenters. The van der Waals surface area contributed by atoms with Gasteiger partial charge in [-0.25, -0.2) is 14.8 Å². The molecule has 8 heteroatoms. The van der Waals surface area contributed by atoms with Crippen molar-refractivity contribution in [3.05, 3.63) is 69.3 Å². The molecule has 42 heavy (non-hydrogen) atoms. The van der Waals surface area contributed by atoms with Crippen LogP contribution >= 0.6 is 0 Å². The third kappa shape index (κ3) is 5.06. The zero-order valence-electron chi connectivity index (χ0n) is 25.4. The van der Waals surface area contributed by atoms with Crippen LogP contribution in [0.1, 0.15) is 103 Å². The predicted octanol–water partition coefficient (Wildman–Crippen LogP) is 7.81. The van der Waals surface area contributed by atoms with E-state index in [0.29, 0.717) is 29.6 Å². The van der Waals surface area contributed by atoms with Crippen LogP contribution in [0.3, 0.4) is 0 Å². The Morgan fingerprint density at radius 1 is 0.762 bits per heavy atom. The van der Waals surface area contributed by atoms with Crippen LogP contribution in [0.2, 0.25) is 0 Å². The lowest BCUT2D eigenvalue weighted by Crippen LogP contribution is -2.02. The molecule has 0 radical (unpaired) electrons. The Hall–Kier alpha value is -4.46. The Morgan fingerprint density at radius 3 is 1.93 bits per heavy atom. The molecule has 0 saturated carbocycles. The number of esters is 1. The zero-order chi connectivity index (χ0) is 30.3. The van der Waals surface area contributed by atoms with Crippen molar-refractivity contribution in [1.82, 2.24) is 19.9 Å². The summed E-state index contributed by atoms with van der Waals surface area (Å²) in [5, 5.41) is 9.27. The maximum absolute atomic E-state index is 13.0. The van der Waals surface area contributed by atoms with E-state index in [1.54, 1.807) is 0 Å². The minimum Gasteiger partial charge on any atom is -0.481 e. The molecule has 5 heterocycles. The van der Waals surface area contributed by atoms with Crippen molar-refractivity contribution in [2.45, 2.75) is 73.6 Å². The second kappa shape index (κ2) is 11.4. The Morgan fingerprint density at radius 2 is 1.31 bits per heavy atom. The number of carbonyl (C=O) groups excluding carboxylic acids is 1. The summed E-state index contributed by atoms with van der Waals surface area (Å²) in [6.07, 6.45) is 2.80. The number of rotatable bonds is 7. The van der Waals surface area contributed by atoms with E-state index in [2.05, 4.69) is 49.8 Å². The number of H-pyrrole nitrogens is 2. The van der Waals surface area contributed by atoms with Gasteiger partial charge >= 0.3 is 11.9 Å². The minimum absolute atomic E-state index is 0.0691. The van der Waals surface area contributed by atoms with Crippen molar-refractivity contribution in [2.75, 3.05) is 7.11 Å². The van der Waals surface area contributed by atoms with E-state index < -0.39 is 11.9 Å². The Balaban J connectivity index is 1.93. The largest absolute Gasteiger partial charge is 0.481 e. The molecule has 0 spiro atoms. The van der Waals surface area contributed by atoms with E-state index in [1.165, 1.54) is 12.7 Å². The molecule has 3 aromatic heterocycles.